The molecular weight excluding hydrogens is 314 g/mol. The molecule has 23 heavy (non-hydrogen) atoms. The van der Waals surface area contributed by atoms with Crippen LogP contribution in [0.5, 0.6) is 0 Å². The molecule has 0 aromatic heterocycles. The van der Waals surface area contributed by atoms with Gasteiger partial charge in [0.2, 0.25) is 0 Å². The van der Waals surface area contributed by atoms with Gasteiger partial charge < -0.3 is 10.1 Å². The highest BCUT2D eigenvalue weighted by atomic mass is 32.2. The van der Waals surface area contributed by atoms with Crippen LogP contribution in [0.4, 0.5) is 4.79 Å². The molecule has 1 aliphatic heterocycles. The average Bonchev–Trinajstić information content (AvgIpc) is 2.57. The number of carbonyl (C=O) groups excluding carboxylic acids is 1. The predicted octanol–water partition coefficient (Wildman–Crippen LogP) is 2.83. The van der Waals surface area contributed by atoms with Crippen LogP contribution in [0, 0.1) is 0 Å². The van der Waals surface area contributed by atoms with Gasteiger partial charge in [-0.05, 0) is 23.6 Å². The lowest BCUT2D eigenvalue weighted by atomic mass is 10.0. The Hall–Kier alpha value is -2.34. The van der Waals surface area contributed by atoms with E-state index in [-0.39, 0.29) is 18.4 Å². The number of hydrogen-bond donors (Lipinski definition) is 1. The van der Waals surface area contributed by atoms with Crippen LogP contribution in [0.2, 0.25) is 0 Å². The first-order valence-corrected chi connectivity index (χ1v) is 9.00. The van der Waals surface area contributed by atoms with E-state index in [1.54, 1.807) is 24.3 Å². The molecule has 1 heterocycles. The van der Waals surface area contributed by atoms with Crippen molar-refractivity contribution in [2.75, 3.05) is 5.75 Å². The molecular formula is C17H17NO4S. The fourth-order valence-electron chi connectivity index (χ4n) is 2.65. The number of fused-ring (bicyclic) bond motifs is 1. The second-order valence-corrected chi connectivity index (χ2v) is 7.48. The summed E-state index contributed by atoms with van der Waals surface area (Å²) in [5.74, 6) is 0.0215. The van der Waals surface area contributed by atoms with Gasteiger partial charge in [-0.3, -0.25) is 0 Å². The van der Waals surface area contributed by atoms with Gasteiger partial charge in [0.15, 0.2) is 9.84 Å². The molecule has 0 bridgehead atoms. The highest BCUT2D eigenvalue weighted by Crippen LogP contribution is 2.31. The molecule has 0 radical (unpaired) electrons. The first kappa shape index (κ1) is 15.6. The Morgan fingerprint density at radius 3 is 2.57 bits per heavy atom. The van der Waals surface area contributed by atoms with Crippen LogP contribution in [-0.4, -0.2) is 20.3 Å². The van der Waals surface area contributed by atoms with Crippen molar-refractivity contribution in [1.29, 1.82) is 0 Å². The van der Waals surface area contributed by atoms with Crippen LogP contribution in [0.1, 0.15) is 23.6 Å². The molecule has 1 amide bonds. The Labute approximate surface area is 135 Å². The molecule has 5 nitrogen and oxygen atoms in total. The van der Waals surface area contributed by atoms with Crippen molar-refractivity contribution in [2.45, 2.75) is 24.0 Å². The Morgan fingerprint density at radius 1 is 1.09 bits per heavy atom. The number of rotatable bonds is 3. The summed E-state index contributed by atoms with van der Waals surface area (Å²) in [6.07, 6.45) is -0.201. The molecule has 0 saturated carbocycles. The van der Waals surface area contributed by atoms with Gasteiger partial charge in [-0.2, -0.15) is 0 Å². The number of hydrogen-bond acceptors (Lipinski definition) is 4. The van der Waals surface area contributed by atoms with Crippen molar-refractivity contribution >= 4 is 15.9 Å². The molecule has 1 atom stereocenters. The third-order valence-electron chi connectivity index (χ3n) is 3.81. The number of amides is 1. The zero-order valence-electron chi connectivity index (χ0n) is 12.4. The highest BCUT2D eigenvalue weighted by Gasteiger charge is 2.30. The van der Waals surface area contributed by atoms with E-state index in [2.05, 4.69) is 5.32 Å². The van der Waals surface area contributed by atoms with Gasteiger partial charge in [-0.15, -0.1) is 0 Å². The summed E-state index contributed by atoms with van der Waals surface area (Å²) < 4.78 is 29.3. The molecule has 120 valence electrons. The van der Waals surface area contributed by atoms with Crippen molar-refractivity contribution < 1.29 is 17.9 Å². The molecule has 0 spiro atoms. The Bertz CT molecular complexity index is 802. The van der Waals surface area contributed by atoms with E-state index in [1.165, 1.54) is 0 Å². The maximum absolute atomic E-state index is 12.1. The molecule has 2 aromatic carbocycles. The van der Waals surface area contributed by atoms with E-state index >= 15 is 0 Å². The van der Waals surface area contributed by atoms with Crippen molar-refractivity contribution in [3.8, 4) is 0 Å². The van der Waals surface area contributed by atoms with Crippen LogP contribution >= 0.6 is 0 Å². The summed E-state index contributed by atoms with van der Waals surface area (Å²) in [4.78, 5) is 12.3. The summed E-state index contributed by atoms with van der Waals surface area (Å²) in [5.41, 5.74) is 1.52. The maximum atomic E-state index is 12.1. The van der Waals surface area contributed by atoms with Gasteiger partial charge in [0.05, 0.1) is 16.7 Å². The minimum Gasteiger partial charge on any atom is -0.445 e. The van der Waals surface area contributed by atoms with Crippen LogP contribution in [0.15, 0.2) is 59.5 Å². The summed E-state index contributed by atoms with van der Waals surface area (Å²) in [5, 5.41) is 2.76. The van der Waals surface area contributed by atoms with Gasteiger partial charge in [0.1, 0.15) is 6.61 Å². The standard InChI is InChI=1S/C17H17NO4S/c19-17(22-12-13-6-2-1-3-7-13)18-15-10-11-23(20,21)16-9-5-4-8-14(15)16/h1-9,15H,10-12H2,(H,18,19)/t15-/m0/s1. The van der Waals surface area contributed by atoms with E-state index in [0.717, 1.165) is 5.56 Å². The fourth-order valence-corrected chi connectivity index (χ4v) is 4.27. The lowest BCUT2D eigenvalue weighted by Gasteiger charge is -2.25. The van der Waals surface area contributed by atoms with Crippen molar-refractivity contribution in [3.63, 3.8) is 0 Å². The van der Waals surface area contributed by atoms with Gasteiger partial charge in [-0.25, -0.2) is 13.2 Å². The molecule has 2 aromatic rings. The van der Waals surface area contributed by atoms with Gasteiger partial charge >= 0.3 is 6.09 Å². The number of nitrogens with one attached hydrogen (secondary N) is 1. The number of benzene rings is 2. The zero-order chi connectivity index (χ0) is 16.3. The second-order valence-electron chi connectivity index (χ2n) is 5.40. The minimum atomic E-state index is -3.26. The number of alkyl carbamates (subject to hydrolysis) is 1. The van der Waals surface area contributed by atoms with Crippen molar-refractivity contribution in [1.82, 2.24) is 5.32 Å². The van der Waals surface area contributed by atoms with Crippen molar-refractivity contribution in [2.24, 2.45) is 0 Å². The molecule has 0 fully saturated rings. The number of carbonyl (C=O) groups is 1. The predicted molar refractivity (Wildman–Crippen MR) is 85.6 cm³/mol. The van der Waals surface area contributed by atoms with Gasteiger partial charge in [-0.1, -0.05) is 48.5 Å². The molecule has 0 aliphatic carbocycles. The number of ether oxygens (including phenoxy) is 1. The molecule has 3 rings (SSSR count). The van der Waals surface area contributed by atoms with Crippen LogP contribution < -0.4 is 5.32 Å². The topological polar surface area (TPSA) is 72.5 Å². The van der Waals surface area contributed by atoms with E-state index in [0.29, 0.717) is 16.9 Å². The van der Waals surface area contributed by atoms with Crippen LogP contribution in [0.3, 0.4) is 0 Å². The number of sulfone groups is 1. The van der Waals surface area contributed by atoms with E-state index in [9.17, 15) is 13.2 Å². The lowest BCUT2D eigenvalue weighted by Crippen LogP contribution is -2.34. The molecule has 0 saturated heterocycles. The first-order valence-electron chi connectivity index (χ1n) is 7.35. The first-order chi connectivity index (χ1) is 11.1. The average molecular weight is 331 g/mol. The van der Waals surface area contributed by atoms with Crippen LogP contribution in [-0.2, 0) is 21.2 Å². The summed E-state index contributed by atoms with van der Waals surface area (Å²) in [7, 11) is -3.26. The summed E-state index contributed by atoms with van der Waals surface area (Å²) in [6, 6.07) is 15.8. The van der Waals surface area contributed by atoms with Gasteiger partial charge in [0, 0.05) is 0 Å². The minimum absolute atomic E-state index is 0.0215. The largest absolute Gasteiger partial charge is 0.445 e. The normalized spacial score (nSPS) is 18.7. The molecule has 6 heteroatoms. The second kappa shape index (κ2) is 6.42. The Balaban J connectivity index is 1.68. The Morgan fingerprint density at radius 2 is 1.78 bits per heavy atom. The molecule has 0 unspecified atom stereocenters. The fraction of sp³-hybridized carbons (Fsp3) is 0.235. The summed E-state index contributed by atoms with van der Waals surface area (Å²) in [6.45, 7) is 0.180. The van der Waals surface area contributed by atoms with E-state index in [1.807, 2.05) is 30.3 Å². The third-order valence-corrected chi connectivity index (χ3v) is 5.62. The lowest BCUT2D eigenvalue weighted by molar-refractivity contribution is 0.135. The molecule has 1 N–H and O–H groups in total. The molecule has 1 aliphatic rings. The highest BCUT2D eigenvalue weighted by molar-refractivity contribution is 7.91. The smallest absolute Gasteiger partial charge is 0.407 e. The quantitative estimate of drug-likeness (QED) is 0.939. The van der Waals surface area contributed by atoms with E-state index in [4.69, 9.17) is 4.74 Å². The Kier molecular flexibility index (Phi) is 4.34. The third kappa shape index (κ3) is 3.53. The SMILES string of the molecule is O=C(N[C@H]1CCS(=O)(=O)c2ccccc21)OCc1ccccc1. The maximum Gasteiger partial charge on any atom is 0.407 e. The monoisotopic (exact) mass is 331 g/mol. The van der Waals surface area contributed by atoms with Crippen molar-refractivity contribution in [3.05, 3.63) is 65.7 Å². The summed E-state index contributed by atoms with van der Waals surface area (Å²) >= 11 is 0. The van der Waals surface area contributed by atoms with Gasteiger partial charge in [0.25, 0.3) is 0 Å². The van der Waals surface area contributed by atoms with E-state index < -0.39 is 15.9 Å². The van der Waals surface area contributed by atoms with Crippen LogP contribution in [0.25, 0.3) is 0 Å². The zero-order valence-corrected chi connectivity index (χ0v) is 13.3.